The molecule has 2 N–H and O–H groups in total. The summed E-state index contributed by atoms with van der Waals surface area (Å²) in [6.45, 7) is 1.46. The fourth-order valence-corrected chi connectivity index (χ4v) is 3.23. The van der Waals surface area contributed by atoms with E-state index < -0.39 is 6.10 Å². The smallest absolute Gasteiger partial charge is 0.0916 e. The Labute approximate surface area is 129 Å². The summed E-state index contributed by atoms with van der Waals surface area (Å²) in [5.41, 5.74) is 0.934. The van der Waals surface area contributed by atoms with E-state index in [9.17, 15) is 10.2 Å². The van der Waals surface area contributed by atoms with Crippen LogP contribution in [-0.2, 0) is 0 Å². The molecule has 4 heteroatoms. The van der Waals surface area contributed by atoms with Crippen molar-refractivity contribution >= 4 is 15.9 Å². The number of rotatable bonds is 5. The molecule has 2 rings (SSSR count). The Balaban J connectivity index is 1.84. The lowest BCUT2D eigenvalue weighted by atomic mass is 9.86. The third-order valence-corrected chi connectivity index (χ3v) is 4.68. The van der Waals surface area contributed by atoms with Gasteiger partial charge in [0.15, 0.2) is 0 Å². The number of hydrogen-bond donors (Lipinski definition) is 2. The van der Waals surface area contributed by atoms with Crippen LogP contribution in [0.2, 0.25) is 0 Å². The molecule has 1 fully saturated rings. The van der Waals surface area contributed by atoms with Crippen molar-refractivity contribution in [1.29, 1.82) is 0 Å². The minimum Gasteiger partial charge on any atom is -0.393 e. The second-order valence-corrected chi connectivity index (χ2v) is 6.82. The highest BCUT2D eigenvalue weighted by atomic mass is 79.9. The van der Waals surface area contributed by atoms with Crippen LogP contribution in [0.15, 0.2) is 28.7 Å². The van der Waals surface area contributed by atoms with Gasteiger partial charge in [-0.2, -0.15) is 0 Å². The maximum Gasteiger partial charge on any atom is 0.0916 e. The first-order valence-corrected chi connectivity index (χ1v) is 8.15. The van der Waals surface area contributed by atoms with E-state index >= 15 is 0 Å². The summed E-state index contributed by atoms with van der Waals surface area (Å²) >= 11 is 3.40. The molecule has 0 aromatic heterocycles. The van der Waals surface area contributed by atoms with E-state index in [4.69, 9.17) is 0 Å². The number of aliphatic hydroxyl groups is 2. The van der Waals surface area contributed by atoms with Gasteiger partial charge in [-0.3, -0.25) is 0 Å². The summed E-state index contributed by atoms with van der Waals surface area (Å²) in [6.07, 6.45) is 3.73. The van der Waals surface area contributed by atoms with Gasteiger partial charge in [0.2, 0.25) is 0 Å². The lowest BCUT2D eigenvalue weighted by Crippen LogP contribution is -2.36. The van der Waals surface area contributed by atoms with Gasteiger partial charge in [0.05, 0.1) is 12.2 Å². The predicted molar refractivity (Wildman–Crippen MR) is 84.6 cm³/mol. The van der Waals surface area contributed by atoms with Crippen LogP contribution in [0.25, 0.3) is 0 Å². The Morgan fingerprint density at radius 2 is 1.90 bits per heavy atom. The van der Waals surface area contributed by atoms with Crippen molar-refractivity contribution < 1.29 is 10.2 Å². The molecule has 3 atom stereocenters. The summed E-state index contributed by atoms with van der Waals surface area (Å²) in [4.78, 5) is 2.13. The number of hydrogen-bond acceptors (Lipinski definition) is 3. The predicted octanol–water partition coefficient (Wildman–Crippen LogP) is 2.97. The van der Waals surface area contributed by atoms with E-state index in [0.717, 1.165) is 35.8 Å². The van der Waals surface area contributed by atoms with Gasteiger partial charge in [-0.15, -0.1) is 0 Å². The van der Waals surface area contributed by atoms with E-state index in [1.165, 1.54) is 6.42 Å². The van der Waals surface area contributed by atoms with E-state index in [0.29, 0.717) is 12.5 Å². The summed E-state index contributed by atoms with van der Waals surface area (Å²) < 4.78 is 1.02. The average Bonchev–Trinajstić information content (AvgIpc) is 2.42. The molecule has 1 aromatic carbocycles. The van der Waals surface area contributed by atoms with Gasteiger partial charge in [-0.25, -0.2) is 0 Å². The number of benzene rings is 1. The van der Waals surface area contributed by atoms with Crippen LogP contribution in [0.4, 0.5) is 0 Å². The van der Waals surface area contributed by atoms with Crippen LogP contribution in [0, 0.1) is 5.92 Å². The SMILES string of the molecule is CN(CC(O)c1ccc(Br)cc1)CC1CCCCC1O. The summed E-state index contributed by atoms with van der Waals surface area (Å²) in [7, 11) is 2.02. The van der Waals surface area contributed by atoms with Crippen molar-refractivity contribution in [2.24, 2.45) is 5.92 Å². The standard InChI is InChI=1S/C16H24BrNO2/c1-18(10-13-4-2-3-5-15(13)19)11-16(20)12-6-8-14(17)9-7-12/h6-9,13,15-16,19-20H,2-5,10-11H2,1H3. The quantitative estimate of drug-likeness (QED) is 0.865. The van der Waals surface area contributed by atoms with Crippen molar-refractivity contribution in [3.05, 3.63) is 34.3 Å². The Bertz CT molecular complexity index is 409. The zero-order valence-electron chi connectivity index (χ0n) is 12.0. The summed E-state index contributed by atoms with van der Waals surface area (Å²) in [6, 6.07) is 7.78. The maximum absolute atomic E-state index is 10.3. The lowest BCUT2D eigenvalue weighted by molar-refractivity contribution is 0.0400. The molecule has 1 saturated carbocycles. The molecule has 112 valence electrons. The van der Waals surface area contributed by atoms with Gasteiger partial charge in [0.1, 0.15) is 0 Å². The molecule has 3 unspecified atom stereocenters. The van der Waals surface area contributed by atoms with Crippen molar-refractivity contribution in [2.45, 2.75) is 37.9 Å². The summed E-state index contributed by atoms with van der Waals surface area (Å²) in [5.74, 6) is 0.353. The Morgan fingerprint density at radius 3 is 2.55 bits per heavy atom. The molecule has 0 saturated heterocycles. The van der Waals surface area contributed by atoms with E-state index in [2.05, 4.69) is 20.8 Å². The molecule has 1 aliphatic carbocycles. The molecule has 0 radical (unpaired) electrons. The fourth-order valence-electron chi connectivity index (χ4n) is 2.96. The van der Waals surface area contributed by atoms with Gasteiger partial charge in [0.25, 0.3) is 0 Å². The third kappa shape index (κ3) is 4.55. The number of halogens is 1. The second-order valence-electron chi connectivity index (χ2n) is 5.90. The first kappa shape index (κ1) is 16.0. The Morgan fingerprint density at radius 1 is 1.25 bits per heavy atom. The normalized spacial score (nSPS) is 24.9. The zero-order valence-corrected chi connectivity index (χ0v) is 13.6. The van der Waals surface area contributed by atoms with Crippen LogP contribution in [-0.4, -0.2) is 41.4 Å². The highest BCUT2D eigenvalue weighted by molar-refractivity contribution is 9.10. The number of likely N-dealkylation sites (N-methyl/N-ethyl adjacent to an activating group) is 1. The van der Waals surface area contributed by atoms with Gasteiger partial charge in [0, 0.05) is 17.6 Å². The molecule has 0 amide bonds. The maximum atomic E-state index is 10.3. The molecule has 1 aliphatic rings. The van der Waals surface area contributed by atoms with Crippen molar-refractivity contribution in [2.75, 3.05) is 20.1 Å². The lowest BCUT2D eigenvalue weighted by Gasteiger charge is -2.32. The molecule has 0 heterocycles. The zero-order chi connectivity index (χ0) is 14.5. The molecule has 20 heavy (non-hydrogen) atoms. The summed E-state index contributed by atoms with van der Waals surface area (Å²) in [5, 5.41) is 20.3. The van der Waals surface area contributed by atoms with Crippen LogP contribution >= 0.6 is 15.9 Å². The van der Waals surface area contributed by atoms with Crippen LogP contribution in [0.5, 0.6) is 0 Å². The average molecular weight is 342 g/mol. The fraction of sp³-hybridized carbons (Fsp3) is 0.625. The largest absolute Gasteiger partial charge is 0.393 e. The molecule has 1 aromatic rings. The van der Waals surface area contributed by atoms with Crippen molar-refractivity contribution in [1.82, 2.24) is 4.90 Å². The highest BCUT2D eigenvalue weighted by Gasteiger charge is 2.24. The minimum absolute atomic E-state index is 0.170. The van der Waals surface area contributed by atoms with Gasteiger partial charge in [-0.05, 0) is 43.5 Å². The van der Waals surface area contributed by atoms with Crippen LogP contribution in [0.3, 0.4) is 0 Å². The number of nitrogens with zero attached hydrogens (tertiary/aromatic N) is 1. The van der Waals surface area contributed by atoms with Gasteiger partial charge < -0.3 is 15.1 Å². The Kier molecular flexibility index (Phi) is 6.02. The second kappa shape index (κ2) is 7.55. The first-order chi connectivity index (χ1) is 9.56. The van der Waals surface area contributed by atoms with E-state index in [1.54, 1.807) is 0 Å². The highest BCUT2D eigenvalue weighted by Crippen LogP contribution is 2.25. The van der Waals surface area contributed by atoms with Crippen molar-refractivity contribution in [3.63, 3.8) is 0 Å². The van der Waals surface area contributed by atoms with Gasteiger partial charge in [-0.1, -0.05) is 40.9 Å². The van der Waals surface area contributed by atoms with Gasteiger partial charge >= 0.3 is 0 Å². The molecular formula is C16H24BrNO2. The van der Waals surface area contributed by atoms with Crippen LogP contribution < -0.4 is 0 Å². The van der Waals surface area contributed by atoms with Crippen molar-refractivity contribution in [3.8, 4) is 0 Å². The van der Waals surface area contributed by atoms with E-state index in [-0.39, 0.29) is 6.10 Å². The molecule has 0 spiro atoms. The molecular weight excluding hydrogens is 318 g/mol. The first-order valence-electron chi connectivity index (χ1n) is 7.36. The molecule has 0 bridgehead atoms. The minimum atomic E-state index is -0.478. The van der Waals surface area contributed by atoms with E-state index in [1.807, 2.05) is 31.3 Å². The number of aliphatic hydroxyl groups excluding tert-OH is 2. The van der Waals surface area contributed by atoms with Crippen LogP contribution in [0.1, 0.15) is 37.4 Å². The third-order valence-electron chi connectivity index (χ3n) is 4.15. The monoisotopic (exact) mass is 341 g/mol. The molecule has 0 aliphatic heterocycles. The Hall–Kier alpha value is -0.420. The topological polar surface area (TPSA) is 43.7 Å². The molecule has 3 nitrogen and oxygen atoms in total.